The molecule has 19 heavy (non-hydrogen) atoms. The SMILES string of the molecule is C[C@H]1Oc2ccccc2O[C@@]1(O)c1ccc(Br)cc1. The third-order valence-corrected chi connectivity index (χ3v) is 3.76. The van der Waals surface area contributed by atoms with E-state index >= 15 is 0 Å². The summed E-state index contributed by atoms with van der Waals surface area (Å²) >= 11 is 3.37. The molecule has 2 atom stereocenters. The molecule has 0 bridgehead atoms. The number of aliphatic hydroxyl groups is 1. The van der Waals surface area contributed by atoms with Crippen LogP contribution < -0.4 is 9.47 Å². The van der Waals surface area contributed by atoms with Gasteiger partial charge in [0.2, 0.25) is 0 Å². The maximum absolute atomic E-state index is 10.8. The van der Waals surface area contributed by atoms with Gasteiger partial charge in [-0.3, -0.25) is 0 Å². The van der Waals surface area contributed by atoms with Crippen LogP contribution in [0.4, 0.5) is 0 Å². The first-order valence-corrected chi connectivity index (χ1v) is 6.82. The molecule has 4 heteroatoms. The summed E-state index contributed by atoms with van der Waals surface area (Å²) in [5, 5.41) is 10.8. The number of halogens is 1. The molecular formula is C15H13BrO3. The molecule has 0 radical (unpaired) electrons. The fourth-order valence-electron chi connectivity index (χ4n) is 2.14. The molecule has 0 fully saturated rings. The number of rotatable bonds is 1. The standard InChI is InChI=1S/C15H13BrO3/c1-10-15(17,11-6-8-12(16)9-7-11)19-14-5-3-2-4-13(14)18-10/h2-10,17H,1H3/t10-,15-/m1/s1. The van der Waals surface area contributed by atoms with Gasteiger partial charge < -0.3 is 14.6 Å². The summed E-state index contributed by atoms with van der Waals surface area (Å²) in [5.74, 6) is -0.280. The molecule has 0 saturated carbocycles. The van der Waals surface area contributed by atoms with Crippen LogP contribution in [0.15, 0.2) is 53.0 Å². The average Bonchev–Trinajstić information content (AvgIpc) is 2.41. The monoisotopic (exact) mass is 320 g/mol. The van der Waals surface area contributed by atoms with Gasteiger partial charge in [-0.15, -0.1) is 0 Å². The van der Waals surface area contributed by atoms with E-state index in [0.717, 1.165) is 4.47 Å². The molecule has 1 heterocycles. The van der Waals surface area contributed by atoms with Crippen molar-refractivity contribution < 1.29 is 14.6 Å². The first-order valence-electron chi connectivity index (χ1n) is 6.03. The van der Waals surface area contributed by atoms with Gasteiger partial charge in [0, 0.05) is 10.0 Å². The van der Waals surface area contributed by atoms with E-state index < -0.39 is 11.9 Å². The number of hydrogen-bond acceptors (Lipinski definition) is 3. The number of hydrogen-bond donors (Lipinski definition) is 1. The summed E-state index contributed by atoms with van der Waals surface area (Å²) in [7, 11) is 0. The van der Waals surface area contributed by atoms with Crippen LogP contribution in [0.1, 0.15) is 12.5 Å². The third kappa shape index (κ3) is 2.11. The van der Waals surface area contributed by atoms with Crippen LogP contribution >= 0.6 is 15.9 Å². The number of ether oxygens (including phenoxy) is 2. The predicted molar refractivity (Wildman–Crippen MR) is 75.2 cm³/mol. The molecule has 98 valence electrons. The largest absolute Gasteiger partial charge is 0.480 e. The molecule has 0 spiro atoms. The van der Waals surface area contributed by atoms with E-state index in [9.17, 15) is 5.11 Å². The lowest BCUT2D eigenvalue weighted by Gasteiger charge is -2.39. The topological polar surface area (TPSA) is 38.7 Å². The minimum atomic E-state index is -1.48. The molecule has 1 aliphatic rings. The van der Waals surface area contributed by atoms with Crippen molar-refractivity contribution in [1.82, 2.24) is 0 Å². The van der Waals surface area contributed by atoms with Crippen LogP contribution in [-0.2, 0) is 5.79 Å². The molecule has 0 saturated heterocycles. The number of benzene rings is 2. The molecule has 1 N–H and O–H groups in total. The summed E-state index contributed by atoms with van der Waals surface area (Å²) in [6.45, 7) is 1.79. The Hall–Kier alpha value is -1.52. The van der Waals surface area contributed by atoms with E-state index in [4.69, 9.17) is 9.47 Å². The Kier molecular flexibility index (Phi) is 2.99. The highest BCUT2D eigenvalue weighted by atomic mass is 79.9. The minimum absolute atomic E-state index is 0.497. The third-order valence-electron chi connectivity index (χ3n) is 3.23. The van der Waals surface area contributed by atoms with Gasteiger partial charge in [-0.1, -0.05) is 40.2 Å². The Morgan fingerprint density at radius 1 is 1.05 bits per heavy atom. The average molecular weight is 321 g/mol. The van der Waals surface area contributed by atoms with Gasteiger partial charge in [0.15, 0.2) is 17.6 Å². The molecule has 0 amide bonds. The van der Waals surface area contributed by atoms with Crippen molar-refractivity contribution in [2.24, 2.45) is 0 Å². The van der Waals surface area contributed by atoms with E-state index in [-0.39, 0.29) is 0 Å². The second kappa shape index (κ2) is 4.54. The fraction of sp³-hybridized carbons (Fsp3) is 0.200. The van der Waals surface area contributed by atoms with E-state index in [2.05, 4.69) is 15.9 Å². The van der Waals surface area contributed by atoms with Crippen molar-refractivity contribution in [1.29, 1.82) is 0 Å². The van der Waals surface area contributed by atoms with Crippen LogP contribution in [0.25, 0.3) is 0 Å². The van der Waals surface area contributed by atoms with Crippen molar-refractivity contribution in [3.63, 3.8) is 0 Å². The molecule has 2 aromatic carbocycles. The van der Waals surface area contributed by atoms with Crippen molar-refractivity contribution >= 4 is 15.9 Å². The van der Waals surface area contributed by atoms with Crippen LogP contribution in [0.3, 0.4) is 0 Å². The predicted octanol–water partition coefficient (Wildman–Crippen LogP) is 3.45. The highest BCUT2D eigenvalue weighted by Gasteiger charge is 2.44. The first-order chi connectivity index (χ1) is 9.09. The highest BCUT2D eigenvalue weighted by Crippen LogP contribution is 2.41. The Labute approximate surface area is 119 Å². The first kappa shape index (κ1) is 12.5. The molecule has 2 aromatic rings. The van der Waals surface area contributed by atoms with Gasteiger partial charge >= 0.3 is 0 Å². The summed E-state index contributed by atoms with van der Waals surface area (Å²) < 4.78 is 12.5. The molecule has 3 rings (SSSR count). The Morgan fingerprint density at radius 2 is 1.68 bits per heavy atom. The number of fused-ring (bicyclic) bond motifs is 1. The minimum Gasteiger partial charge on any atom is -0.480 e. The van der Waals surface area contributed by atoms with Crippen molar-refractivity contribution in [2.75, 3.05) is 0 Å². The second-order valence-corrected chi connectivity index (χ2v) is 5.43. The Morgan fingerprint density at radius 3 is 2.37 bits per heavy atom. The van der Waals surface area contributed by atoms with Crippen molar-refractivity contribution in [2.45, 2.75) is 18.8 Å². The summed E-state index contributed by atoms with van der Waals surface area (Å²) in [4.78, 5) is 0. The zero-order valence-corrected chi connectivity index (χ0v) is 11.9. The van der Waals surface area contributed by atoms with Gasteiger partial charge in [0.05, 0.1) is 0 Å². The fourth-order valence-corrected chi connectivity index (χ4v) is 2.40. The molecular weight excluding hydrogens is 308 g/mol. The lowest BCUT2D eigenvalue weighted by Crippen LogP contribution is -2.48. The van der Waals surface area contributed by atoms with Crippen LogP contribution in [0, 0.1) is 0 Å². The number of para-hydroxylation sites is 2. The summed E-state index contributed by atoms with van der Waals surface area (Å²) in [6, 6.07) is 14.7. The molecule has 0 aromatic heterocycles. The molecule has 0 aliphatic carbocycles. The van der Waals surface area contributed by atoms with Gasteiger partial charge in [-0.2, -0.15) is 0 Å². The zero-order chi connectivity index (χ0) is 13.5. The Balaban J connectivity index is 2.03. The lowest BCUT2D eigenvalue weighted by molar-refractivity contribution is -0.216. The zero-order valence-electron chi connectivity index (χ0n) is 10.3. The van der Waals surface area contributed by atoms with E-state index in [1.54, 1.807) is 13.0 Å². The highest BCUT2D eigenvalue weighted by molar-refractivity contribution is 9.10. The normalized spacial score (nSPS) is 25.1. The van der Waals surface area contributed by atoms with Crippen LogP contribution in [-0.4, -0.2) is 11.2 Å². The molecule has 0 unspecified atom stereocenters. The summed E-state index contributed by atoms with van der Waals surface area (Å²) in [5.41, 5.74) is 0.665. The summed E-state index contributed by atoms with van der Waals surface area (Å²) in [6.07, 6.45) is -0.497. The van der Waals surface area contributed by atoms with Gasteiger partial charge in [0.25, 0.3) is 5.79 Å². The van der Waals surface area contributed by atoms with E-state index in [0.29, 0.717) is 17.1 Å². The molecule has 3 nitrogen and oxygen atoms in total. The van der Waals surface area contributed by atoms with Crippen LogP contribution in [0.5, 0.6) is 11.5 Å². The Bertz CT molecular complexity index is 597. The molecule has 1 aliphatic heterocycles. The van der Waals surface area contributed by atoms with Gasteiger partial charge in [-0.25, -0.2) is 0 Å². The van der Waals surface area contributed by atoms with Crippen molar-refractivity contribution in [3.05, 3.63) is 58.6 Å². The maximum atomic E-state index is 10.8. The van der Waals surface area contributed by atoms with Crippen LogP contribution in [0.2, 0.25) is 0 Å². The van der Waals surface area contributed by atoms with Gasteiger partial charge in [0.1, 0.15) is 0 Å². The van der Waals surface area contributed by atoms with Crippen molar-refractivity contribution in [3.8, 4) is 11.5 Å². The quantitative estimate of drug-likeness (QED) is 0.874. The lowest BCUT2D eigenvalue weighted by atomic mass is 9.99. The second-order valence-electron chi connectivity index (χ2n) is 4.51. The van der Waals surface area contributed by atoms with Gasteiger partial charge in [-0.05, 0) is 31.2 Å². The maximum Gasteiger partial charge on any atom is 0.272 e. The smallest absolute Gasteiger partial charge is 0.272 e. The van der Waals surface area contributed by atoms with E-state index in [1.165, 1.54) is 0 Å². The van der Waals surface area contributed by atoms with E-state index in [1.807, 2.05) is 42.5 Å².